The Morgan fingerprint density at radius 3 is 3.00 bits per heavy atom. The first-order valence-corrected chi connectivity index (χ1v) is 3.84. The van der Waals surface area contributed by atoms with E-state index in [1.54, 1.807) is 0 Å². The predicted molar refractivity (Wildman–Crippen MR) is 24.7 cm³/mol. The van der Waals surface area contributed by atoms with Gasteiger partial charge in [0.2, 0.25) is 0 Å². The Morgan fingerprint density at radius 1 is 1.80 bits per heavy atom. The molecule has 1 radical (unpaired) electrons. The molecule has 1 aliphatic heterocycles. The average Bonchev–Trinajstić information content (AvgIpc) is 1.76. The molecule has 1 heteroatoms. The summed E-state index contributed by atoms with van der Waals surface area (Å²) in [6.45, 7) is 0. The zero-order valence-corrected chi connectivity index (χ0v) is 4.69. The summed E-state index contributed by atoms with van der Waals surface area (Å²) in [5.41, 5.74) is 0. The van der Waals surface area contributed by atoms with Gasteiger partial charge in [-0.1, -0.05) is 0 Å². The van der Waals surface area contributed by atoms with E-state index in [4.69, 9.17) is 0 Å². The maximum absolute atomic E-state index is 3.14. The third-order valence-electron chi connectivity index (χ3n) is 0.480. The Morgan fingerprint density at radius 2 is 2.80 bits per heavy atom. The van der Waals surface area contributed by atoms with Crippen molar-refractivity contribution in [1.82, 2.24) is 0 Å². The normalized spacial score (nSPS) is 20.8. The van der Waals surface area contributed by atoms with Crippen molar-refractivity contribution in [3.05, 3.63) is 12.2 Å². The van der Waals surface area contributed by atoms with E-state index >= 15 is 0 Å². The third kappa shape index (κ3) is 0.734. The van der Waals surface area contributed by atoms with Crippen LogP contribution in [0.1, 0.15) is 0 Å². The summed E-state index contributed by atoms with van der Waals surface area (Å²) in [7, 11) is 0. The Hall–Kier alpha value is 0.168. The summed E-state index contributed by atoms with van der Waals surface area (Å²) >= 11 is 0.493. The molecule has 0 spiro atoms. The Kier molecular flexibility index (Phi) is 1.05. The topological polar surface area (TPSA) is 0 Å². The predicted octanol–water partition coefficient (Wildman–Crippen LogP) is 0.358. The zero-order chi connectivity index (χ0) is 3.54. The molecule has 0 aromatic rings. The van der Waals surface area contributed by atoms with Crippen LogP contribution in [0.2, 0.25) is 5.21 Å². The maximum atomic E-state index is 3.14. The van der Waals surface area contributed by atoms with Gasteiger partial charge >= 0.3 is 37.5 Å². The van der Waals surface area contributed by atoms with E-state index in [9.17, 15) is 0 Å². The molecule has 0 nitrogen and oxygen atoms in total. The van der Waals surface area contributed by atoms with Crippen molar-refractivity contribution < 1.29 is 0 Å². The van der Waals surface area contributed by atoms with Crippen LogP contribution in [0.15, 0.2) is 12.2 Å². The summed E-state index contributed by atoms with van der Waals surface area (Å²) in [6, 6.07) is 0. The molecule has 0 aliphatic carbocycles. The van der Waals surface area contributed by atoms with Gasteiger partial charge in [-0.3, -0.25) is 0 Å². The van der Waals surface area contributed by atoms with Crippen molar-refractivity contribution in [3.8, 4) is 0 Å². The average molecular weight is 127 g/mol. The zero-order valence-electron chi connectivity index (χ0n) is 2.81. The van der Waals surface area contributed by atoms with Crippen molar-refractivity contribution in [2.24, 2.45) is 0 Å². The van der Waals surface area contributed by atoms with Crippen molar-refractivity contribution in [3.63, 3.8) is 0 Å². The molecule has 0 N–H and O–H groups in total. The molecule has 0 amide bonds. The summed E-state index contributed by atoms with van der Waals surface area (Å²) in [4.78, 5) is 3.14. The molecule has 0 saturated carbocycles. The van der Waals surface area contributed by atoms with Gasteiger partial charge in [0, 0.05) is 0 Å². The molecule has 5 heavy (non-hydrogen) atoms. The summed E-state index contributed by atoms with van der Waals surface area (Å²) in [6.07, 6.45) is 4.19. The monoisotopic (exact) mass is 127 g/mol. The standard InChI is InChI=1S/C4H4As/c1-2-4-5-3-1/h1-2H,3H2. The van der Waals surface area contributed by atoms with Crippen LogP contribution in [0.4, 0.5) is 0 Å². The summed E-state index contributed by atoms with van der Waals surface area (Å²) < 4.78 is 0. The summed E-state index contributed by atoms with van der Waals surface area (Å²) in [5, 5.41) is 1.30. The number of hydrogen-bond donors (Lipinski definition) is 0. The van der Waals surface area contributed by atoms with Crippen molar-refractivity contribution in [2.45, 2.75) is 5.21 Å². The Balaban J connectivity index is 2.61. The molecule has 1 rings (SSSR count). The second-order valence-electron chi connectivity index (χ2n) is 0.872. The molecular formula is C4H4As. The fourth-order valence-electron chi connectivity index (χ4n) is 0.264. The quantitative estimate of drug-likeness (QED) is 0.412. The number of allylic oxidation sites excluding steroid dienone is 2. The fraction of sp³-hybridized carbons (Fsp3) is 0.250. The number of hydrogen-bond acceptors (Lipinski definition) is 0. The molecule has 1 heterocycles. The molecule has 0 bridgehead atoms. The molecule has 0 aromatic carbocycles. The second kappa shape index (κ2) is 1.57. The molecule has 0 fully saturated rings. The van der Waals surface area contributed by atoms with Gasteiger partial charge in [-0.25, -0.2) is 0 Å². The van der Waals surface area contributed by atoms with Gasteiger partial charge < -0.3 is 0 Å². The van der Waals surface area contributed by atoms with Gasteiger partial charge in [0.15, 0.2) is 0 Å². The van der Waals surface area contributed by atoms with Crippen LogP contribution in [0.3, 0.4) is 0 Å². The SMILES string of the molecule is [C]1=[As]CC=C1. The van der Waals surface area contributed by atoms with Crippen LogP contribution in [0.25, 0.3) is 0 Å². The molecule has 1 aliphatic rings. The van der Waals surface area contributed by atoms with Crippen LogP contribution < -0.4 is 0 Å². The van der Waals surface area contributed by atoms with Gasteiger partial charge in [-0.2, -0.15) is 0 Å². The van der Waals surface area contributed by atoms with E-state index in [0.29, 0.717) is 15.3 Å². The molecule has 0 saturated heterocycles. The van der Waals surface area contributed by atoms with E-state index < -0.39 is 0 Å². The van der Waals surface area contributed by atoms with Crippen molar-refractivity contribution in [1.29, 1.82) is 0 Å². The van der Waals surface area contributed by atoms with E-state index in [2.05, 4.69) is 10.9 Å². The van der Waals surface area contributed by atoms with Gasteiger partial charge in [0.25, 0.3) is 0 Å². The first-order chi connectivity index (χ1) is 2.50. The third-order valence-corrected chi connectivity index (χ3v) is 2.00. The molecule has 0 aromatic heterocycles. The Bertz CT molecular complexity index is 61.7. The minimum atomic E-state index is 0.493. The van der Waals surface area contributed by atoms with Crippen LogP contribution >= 0.6 is 0 Å². The van der Waals surface area contributed by atoms with Gasteiger partial charge in [-0.15, -0.1) is 0 Å². The molecular weight excluding hydrogens is 123 g/mol. The fourth-order valence-corrected chi connectivity index (χ4v) is 1.37. The summed E-state index contributed by atoms with van der Waals surface area (Å²) in [5.74, 6) is 0. The first-order valence-electron chi connectivity index (χ1n) is 1.57. The van der Waals surface area contributed by atoms with Gasteiger partial charge in [-0.05, 0) is 0 Å². The molecule has 0 atom stereocenters. The van der Waals surface area contributed by atoms with Crippen molar-refractivity contribution >= 4 is 20.1 Å². The Labute approximate surface area is 38.1 Å². The van der Waals surface area contributed by atoms with E-state index in [-0.39, 0.29) is 0 Å². The van der Waals surface area contributed by atoms with Crippen molar-refractivity contribution in [2.75, 3.05) is 0 Å². The second-order valence-corrected chi connectivity index (χ2v) is 2.84. The van der Waals surface area contributed by atoms with Crippen LogP contribution in [0, 0.1) is 0 Å². The number of rotatable bonds is 0. The van der Waals surface area contributed by atoms with Crippen LogP contribution in [0.5, 0.6) is 0 Å². The van der Waals surface area contributed by atoms with E-state index in [1.807, 2.05) is 6.08 Å². The van der Waals surface area contributed by atoms with Crippen LogP contribution in [-0.4, -0.2) is 20.1 Å². The van der Waals surface area contributed by atoms with Crippen LogP contribution in [-0.2, 0) is 0 Å². The van der Waals surface area contributed by atoms with Gasteiger partial charge in [0.1, 0.15) is 0 Å². The molecule has 25 valence electrons. The van der Waals surface area contributed by atoms with E-state index in [0.717, 1.165) is 0 Å². The molecule has 0 unspecified atom stereocenters. The minimum absolute atomic E-state index is 0.493. The van der Waals surface area contributed by atoms with E-state index in [1.165, 1.54) is 5.21 Å². The first kappa shape index (κ1) is 3.36. The van der Waals surface area contributed by atoms with Gasteiger partial charge in [0.05, 0.1) is 0 Å².